The number of allylic oxidation sites excluding steroid dienone is 1. The number of nitrogens with two attached hydrogens (primary N) is 1. The van der Waals surface area contributed by atoms with Gasteiger partial charge in [-0.05, 0) is 63.7 Å². The summed E-state index contributed by atoms with van der Waals surface area (Å²) in [5.41, 5.74) is 7.78. The van der Waals surface area contributed by atoms with Crippen molar-refractivity contribution >= 4 is 5.91 Å². The van der Waals surface area contributed by atoms with Crippen molar-refractivity contribution in [1.29, 1.82) is 0 Å². The molecule has 2 rings (SSSR count). The quantitative estimate of drug-likeness (QED) is 0.645. The van der Waals surface area contributed by atoms with Gasteiger partial charge < -0.3 is 10.6 Å². The second-order valence-electron chi connectivity index (χ2n) is 5.98. The van der Waals surface area contributed by atoms with Crippen molar-refractivity contribution in [2.45, 2.75) is 32.1 Å². The van der Waals surface area contributed by atoms with Gasteiger partial charge >= 0.3 is 0 Å². The van der Waals surface area contributed by atoms with E-state index in [0.717, 1.165) is 50.8 Å². The Morgan fingerprint density at radius 2 is 1.95 bits per heavy atom. The number of benzene rings is 1. The molecule has 0 radical (unpaired) electrons. The van der Waals surface area contributed by atoms with E-state index in [1.807, 2.05) is 6.07 Å². The summed E-state index contributed by atoms with van der Waals surface area (Å²) < 4.78 is 0. The Morgan fingerprint density at radius 1 is 1.29 bits per heavy atom. The van der Waals surface area contributed by atoms with Crippen LogP contribution >= 0.6 is 0 Å². The molecule has 0 aromatic heterocycles. The predicted molar refractivity (Wildman–Crippen MR) is 86.9 cm³/mol. The lowest BCUT2D eigenvalue weighted by molar-refractivity contribution is -0.115. The number of piperidine rings is 1. The zero-order chi connectivity index (χ0) is 15.1. The fourth-order valence-corrected chi connectivity index (χ4v) is 3.00. The molecule has 114 valence electrons. The largest absolute Gasteiger partial charge is 0.366 e. The molecular weight excluding hydrogens is 260 g/mol. The molecule has 3 heteroatoms. The predicted octanol–water partition coefficient (Wildman–Crippen LogP) is 2.76. The fourth-order valence-electron chi connectivity index (χ4n) is 3.00. The Labute approximate surface area is 127 Å². The normalized spacial score (nSPS) is 17.9. The molecule has 1 aliphatic rings. The van der Waals surface area contributed by atoms with Crippen LogP contribution in [0.4, 0.5) is 0 Å². The third-order valence-corrected chi connectivity index (χ3v) is 4.32. The molecule has 3 nitrogen and oxygen atoms in total. The summed E-state index contributed by atoms with van der Waals surface area (Å²) in [6, 6.07) is 10.5. The maximum absolute atomic E-state index is 11.7. The molecule has 21 heavy (non-hydrogen) atoms. The summed E-state index contributed by atoms with van der Waals surface area (Å²) in [7, 11) is 2.13. The molecule has 0 spiro atoms. The van der Waals surface area contributed by atoms with Gasteiger partial charge in [-0.1, -0.05) is 36.4 Å². The van der Waals surface area contributed by atoms with Gasteiger partial charge in [-0.25, -0.2) is 0 Å². The number of nitrogens with zero attached hydrogens (tertiary/aromatic N) is 1. The zero-order valence-corrected chi connectivity index (χ0v) is 12.9. The van der Waals surface area contributed by atoms with Crippen LogP contribution in [0, 0.1) is 5.92 Å². The highest BCUT2D eigenvalue weighted by Gasteiger charge is 2.22. The summed E-state index contributed by atoms with van der Waals surface area (Å²) >= 11 is 0. The van der Waals surface area contributed by atoms with Gasteiger partial charge in [0, 0.05) is 5.57 Å². The van der Waals surface area contributed by atoms with Crippen LogP contribution in [-0.2, 0) is 11.2 Å². The van der Waals surface area contributed by atoms with E-state index < -0.39 is 0 Å². The number of carbonyl (C=O) groups is 1. The Hall–Kier alpha value is -1.61. The lowest BCUT2D eigenvalue weighted by Crippen LogP contribution is -2.33. The van der Waals surface area contributed by atoms with Crippen molar-refractivity contribution in [3.05, 3.63) is 47.5 Å². The Kier molecular flexibility index (Phi) is 6.00. The van der Waals surface area contributed by atoms with Gasteiger partial charge in [0.05, 0.1) is 0 Å². The molecule has 0 aliphatic carbocycles. The number of aryl methyl sites for hydroxylation is 1. The first kappa shape index (κ1) is 15.8. The van der Waals surface area contributed by atoms with E-state index in [4.69, 9.17) is 5.73 Å². The van der Waals surface area contributed by atoms with Crippen LogP contribution in [0.2, 0.25) is 0 Å². The van der Waals surface area contributed by atoms with Crippen LogP contribution in [0.5, 0.6) is 0 Å². The molecule has 1 aliphatic heterocycles. The minimum Gasteiger partial charge on any atom is -0.366 e. The molecular formula is C18H26N2O. The third kappa shape index (κ3) is 5.01. The van der Waals surface area contributed by atoms with E-state index in [1.54, 1.807) is 0 Å². The number of hydrogen-bond donors (Lipinski definition) is 1. The maximum atomic E-state index is 11.7. The summed E-state index contributed by atoms with van der Waals surface area (Å²) in [6.07, 6.45) is 7.22. The van der Waals surface area contributed by atoms with Gasteiger partial charge in [-0.2, -0.15) is 0 Å². The van der Waals surface area contributed by atoms with Crippen LogP contribution in [0.1, 0.15) is 31.2 Å². The van der Waals surface area contributed by atoms with E-state index in [9.17, 15) is 4.79 Å². The van der Waals surface area contributed by atoms with Gasteiger partial charge in [0.2, 0.25) is 5.91 Å². The van der Waals surface area contributed by atoms with Crippen molar-refractivity contribution in [2.75, 3.05) is 20.1 Å². The number of primary amides is 1. The Bertz CT molecular complexity index is 473. The summed E-state index contributed by atoms with van der Waals surface area (Å²) in [5.74, 6) is 0.125. The third-order valence-electron chi connectivity index (χ3n) is 4.32. The summed E-state index contributed by atoms with van der Waals surface area (Å²) in [4.78, 5) is 14.0. The molecule has 1 aromatic rings. The highest BCUT2D eigenvalue weighted by Crippen LogP contribution is 2.24. The molecule has 0 bridgehead atoms. The lowest BCUT2D eigenvalue weighted by atomic mass is 9.88. The molecule has 0 atom stereocenters. The van der Waals surface area contributed by atoms with Gasteiger partial charge in [-0.15, -0.1) is 0 Å². The monoisotopic (exact) mass is 286 g/mol. The van der Waals surface area contributed by atoms with Crippen LogP contribution in [0.3, 0.4) is 0 Å². The van der Waals surface area contributed by atoms with Crippen LogP contribution < -0.4 is 5.73 Å². The van der Waals surface area contributed by atoms with Gasteiger partial charge in [0.25, 0.3) is 0 Å². The molecule has 0 saturated carbocycles. The van der Waals surface area contributed by atoms with Crippen LogP contribution in [-0.4, -0.2) is 30.9 Å². The maximum Gasteiger partial charge on any atom is 0.244 e. The number of unbranched alkanes of at least 4 members (excludes halogenated alkanes) is 1. The SMILES string of the molecule is CN1CCC(/C(=C\CCCc2ccccc2)C(N)=O)CC1. The van der Waals surface area contributed by atoms with E-state index in [0.29, 0.717) is 5.92 Å². The van der Waals surface area contributed by atoms with Gasteiger partial charge in [0.1, 0.15) is 0 Å². The fraction of sp³-hybridized carbons (Fsp3) is 0.500. The van der Waals surface area contributed by atoms with Crippen LogP contribution in [0.25, 0.3) is 0 Å². The van der Waals surface area contributed by atoms with Gasteiger partial charge in [-0.3, -0.25) is 4.79 Å². The molecule has 1 amide bonds. The minimum absolute atomic E-state index is 0.232. The van der Waals surface area contributed by atoms with Crippen LogP contribution in [0.15, 0.2) is 42.0 Å². The van der Waals surface area contributed by atoms with Gasteiger partial charge in [0.15, 0.2) is 0 Å². The number of likely N-dealkylation sites (tertiary alicyclic amines) is 1. The van der Waals surface area contributed by atoms with Crippen molar-refractivity contribution < 1.29 is 4.79 Å². The molecule has 1 fully saturated rings. The first-order valence-electron chi connectivity index (χ1n) is 7.89. The average molecular weight is 286 g/mol. The first-order valence-corrected chi connectivity index (χ1v) is 7.89. The number of hydrogen-bond acceptors (Lipinski definition) is 2. The molecule has 1 saturated heterocycles. The van der Waals surface area contributed by atoms with E-state index >= 15 is 0 Å². The second-order valence-corrected chi connectivity index (χ2v) is 5.98. The topological polar surface area (TPSA) is 46.3 Å². The molecule has 0 unspecified atom stereocenters. The molecule has 1 heterocycles. The lowest BCUT2D eigenvalue weighted by Gasteiger charge is -2.29. The summed E-state index contributed by atoms with van der Waals surface area (Å²) in [5, 5.41) is 0. The minimum atomic E-state index is -0.232. The smallest absolute Gasteiger partial charge is 0.244 e. The Morgan fingerprint density at radius 3 is 2.57 bits per heavy atom. The van der Waals surface area contributed by atoms with E-state index in [-0.39, 0.29) is 5.91 Å². The van der Waals surface area contributed by atoms with Crippen molar-refractivity contribution in [3.63, 3.8) is 0 Å². The molecule has 2 N–H and O–H groups in total. The average Bonchev–Trinajstić information content (AvgIpc) is 2.49. The van der Waals surface area contributed by atoms with Crippen molar-refractivity contribution in [1.82, 2.24) is 4.90 Å². The van der Waals surface area contributed by atoms with E-state index in [2.05, 4.69) is 42.3 Å². The zero-order valence-electron chi connectivity index (χ0n) is 12.9. The number of carbonyl (C=O) groups excluding carboxylic acids is 1. The molecule has 1 aromatic carbocycles. The highest BCUT2D eigenvalue weighted by atomic mass is 16.1. The van der Waals surface area contributed by atoms with Crippen molar-refractivity contribution in [3.8, 4) is 0 Å². The van der Waals surface area contributed by atoms with Crippen molar-refractivity contribution in [2.24, 2.45) is 11.7 Å². The standard InChI is InChI=1S/C18H26N2O/c1-20-13-11-16(12-14-20)17(18(19)21)10-6-5-9-15-7-3-2-4-8-15/h2-4,7-8,10,16H,5-6,9,11-14H2,1H3,(H2,19,21)/b17-10+. The van der Waals surface area contributed by atoms with E-state index in [1.165, 1.54) is 5.56 Å². The highest BCUT2D eigenvalue weighted by molar-refractivity contribution is 5.92. The first-order chi connectivity index (χ1) is 10.2. The Balaban J connectivity index is 1.85. The summed E-state index contributed by atoms with van der Waals surface area (Å²) in [6.45, 7) is 2.11. The second kappa shape index (κ2) is 7.99. The number of rotatable bonds is 6. The number of amides is 1.